The number of sulfonamides is 1. The summed E-state index contributed by atoms with van der Waals surface area (Å²) in [6.07, 6.45) is 6.56. The van der Waals surface area contributed by atoms with Crippen molar-refractivity contribution in [1.82, 2.24) is 5.32 Å². The molecule has 24 heavy (non-hydrogen) atoms. The normalized spacial score (nSPS) is 15.5. The highest BCUT2D eigenvalue weighted by molar-refractivity contribution is 7.92. The molecule has 1 fully saturated rings. The summed E-state index contributed by atoms with van der Waals surface area (Å²) in [5, 5.41) is 3.04. The second-order valence-corrected chi connectivity index (χ2v) is 8.61. The fourth-order valence-electron chi connectivity index (χ4n) is 3.22. The lowest BCUT2D eigenvalue weighted by molar-refractivity contribution is -0.121. The molecular weight excluding hydrogens is 324 g/mol. The van der Waals surface area contributed by atoms with Crippen LogP contribution in [0.25, 0.3) is 0 Å². The van der Waals surface area contributed by atoms with Crippen LogP contribution < -0.4 is 9.62 Å². The second-order valence-electron chi connectivity index (χ2n) is 6.71. The molecule has 134 valence electrons. The van der Waals surface area contributed by atoms with Gasteiger partial charge in [-0.15, -0.1) is 0 Å². The third-order valence-electron chi connectivity index (χ3n) is 4.73. The number of aryl methyl sites for hydroxylation is 1. The van der Waals surface area contributed by atoms with Crippen LogP contribution in [0.2, 0.25) is 0 Å². The maximum absolute atomic E-state index is 12.2. The van der Waals surface area contributed by atoms with Gasteiger partial charge in [-0.2, -0.15) is 0 Å². The van der Waals surface area contributed by atoms with E-state index in [4.69, 9.17) is 0 Å². The fourth-order valence-corrected chi connectivity index (χ4v) is 4.24. The minimum atomic E-state index is -3.38. The van der Waals surface area contributed by atoms with Gasteiger partial charge in [-0.3, -0.25) is 9.10 Å². The van der Waals surface area contributed by atoms with Gasteiger partial charge in [0.1, 0.15) is 0 Å². The summed E-state index contributed by atoms with van der Waals surface area (Å²) < 4.78 is 25.8. The minimum Gasteiger partial charge on any atom is -0.353 e. The summed E-state index contributed by atoms with van der Waals surface area (Å²) in [6.45, 7) is 4.21. The Kier molecular flexibility index (Phi) is 6.27. The molecule has 0 heterocycles. The number of nitrogens with zero attached hydrogens (tertiary/aromatic N) is 1. The van der Waals surface area contributed by atoms with Gasteiger partial charge in [0, 0.05) is 19.0 Å². The number of nitrogens with one attached hydrogen (secondary N) is 1. The molecule has 0 aromatic heterocycles. The molecule has 1 saturated carbocycles. The Balaban J connectivity index is 1.97. The fraction of sp³-hybridized carbons (Fsp3) is 0.611. The van der Waals surface area contributed by atoms with Crippen LogP contribution in [-0.2, 0) is 14.8 Å². The summed E-state index contributed by atoms with van der Waals surface area (Å²) >= 11 is 0. The largest absolute Gasteiger partial charge is 0.353 e. The van der Waals surface area contributed by atoms with Gasteiger partial charge in [0.2, 0.25) is 15.9 Å². The molecule has 0 bridgehead atoms. The Morgan fingerprint density at radius 2 is 1.92 bits per heavy atom. The van der Waals surface area contributed by atoms with Crippen molar-refractivity contribution in [3.05, 3.63) is 29.3 Å². The zero-order chi connectivity index (χ0) is 17.7. The number of hydrogen-bond donors (Lipinski definition) is 1. The van der Waals surface area contributed by atoms with Crippen molar-refractivity contribution in [2.75, 3.05) is 17.1 Å². The molecule has 0 atom stereocenters. The van der Waals surface area contributed by atoms with Crippen molar-refractivity contribution in [3.8, 4) is 0 Å². The lowest BCUT2D eigenvalue weighted by Crippen LogP contribution is -2.35. The molecule has 1 aliphatic rings. The maximum atomic E-state index is 12.2. The molecule has 0 unspecified atom stereocenters. The lowest BCUT2D eigenvalue weighted by Gasteiger charge is -2.25. The Morgan fingerprint density at radius 1 is 1.25 bits per heavy atom. The number of rotatable bonds is 7. The summed E-state index contributed by atoms with van der Waals surface area (Å²) in [6, 6.07) is 5.96. The number of carbonyl (C=O) groups excluding carboxylic acids is 1. The molecule has 5 nitrogen and oxygen atoms in total. The number of amides is 1. The van der Waals surface area contributed by atoms with Gasteiger partial charge in [-0.1, -0.05) is 25.0 Å². The van der Waals surface area contributed by atoms with Crippen LogP contribution in [-0.4, -0.2) is 33.2 Å². The highest BCUT2D eigenvalue weighted by Gasteiger charge is 2.21. The summed E-state index contributed by atoms with van der Waals surface area (Å²) in [5.41, 5.74) is 2.71. The average molecular weight is 353 g/mol. The Bertz CT molecular complexity index is 680. The number of anilines is 1. The van der Waals surface area contributed by atoms with Crippen LogP contribution in [0.15, 0.2) is 18.2 Å². The van der Waals surface area contributed by atoms with Crippen LogP contribution in [0.4, 0.5) is 5.69 Å². The molecule has 0 aliphatic heterocycles. The monoisotopic (exact) mass is 352 g/mol. The first-order chi connectivity index (χ1) is 11.3. The lowest BCUT2D eigenvalue weighted by atomic mass is 10.1. The third kappa shape index (κ3) is 4.97. The summed E-state index contributed by atoms with van der Waals surface area (Å²) in [4.78, 5) is 12.0. The SMILES string of the molecule is Cc1cccc(N(CCCC(=O)NC2CCCC2)S(C)(=O)=O)c1C. The van der Waals surface area contributed by atoms with E-state index in [-0.39, 0.29) is 5.91 Å². The Labute approximate surface area is 145 Å². The van der Waals surface area contributed by atoms with E-state index in [0.29, 0.717) is 31.1 Å². The molecular formula is C18H28N2O3S. The van der Waals surface area contributed by atoms with Gasteiger partial charge in [-0.05, 0) is 50.3 Å². The molecule has 2 rings (SSSR count). The number of hydrogen-bond acceptors (Lipinski definition) is 3. The molecule has 0 saturated heterocycles. The predicted octanol–water partition coefficient (Wildman–Crippen LogP) is 2.91. The second kappa shape index (κ2) is 8.01. The maximum Gasteiger partial charge on any atom is 0.232 e. The molecule has 1 aromatic carbocycles. The van der Waals surface area contributed by atoms with Crippen molar-refractivity contribution in [2.24, 2.45) is 0 Å². The van der Waals surface area contributed by atoms with Crippen LogP contribution in [0.1, 0.15) is 49.7 Å². The first-order valence-corrected chi connectivity index (χ1v) is 10.5. The van der Waals surface area contributed by atoms with Crippen LogP contribution in [0, 0.1) is 13.8 Å². The van der Waals surface area contributed by atoms with Gasteiger partial charge in [-0.25, -0.2) is 8.42 Å². The molecule has 0 spiro atoms. The van der Waals surface area contributed by atoms with E-state index in [0.717, 1.165) is 24.0 Å². The van der Waals surface area contributed by atoms with E-state index in [1.807, 2.05) is 32.0 Å². The number of carbonyl (C=O) groups is 1. The predicted molar refractivity (Wildman–Crippen MR) is 97.7 cm³/mol. The molecule has 1 N–H and O–H groups in total. The van der Waals surface area contributed by atoms with Crippen molar-refractivity contribution in [3.63, 3.8) is 0 Å². The van der Waals surface area contributed by atoms with E-state index in [1.165, 1.54) is 23.4 Å². The highest BCUT2D eigenvalue weighted by atomic mass is 32.2. The Morgan fingerprint density at radius 3 is 2.54 bits per heavy atom. The minimum absolute atomic E-state index is 0.0244. The van der Waals surface area contributed by atoms with Crippen molar-refractivity contribution < 1.29 is 13.2 Å². The van der Waals surface area contributed by atoms with Crippen molar-refractivity contribution in [2.45, 2.75) is 58.4 Å². The smallest absolute Gasteiger partial charge is 0.232 e. The van der Waals surface area contributed by atoms with E-state index in [1.54, 1.807) is 0 Å². The quantitative estimate of drug-likeness (QED) is 0.820. The van der Waals surface area contributed by atoms with Crippen molar-refractivity contribution in [1.29, 1.82) is 0 Å². The van der Waals surface area contributed by atoms with Crippen LogP contribution >= 0.6 is 0 Å². The van der Waals surface area contributed by atoms with Crippen LogP contribution in [0.5, 0.6) is 0 Å². The third-order valence-corrected chi connectivity index (χ3v) is 5.91. The van der Waals surface area contributed by atoms with E-state index >= 15 is 0 Å². The Hall–Kier alpha value is -1.56. The molecule has 1 amide bonds. The first-order valence-electron chi connectivity index (χ1n) is 8.62. The van der Waals surface area contributed by atoms with Gasteiger partial charge in [0.25, 0.3) is 0 Å². The zero-order valence-corrected chi connectivity index (χ0v) is 15.7. The van der Waals surface area contributed by atoms with Gasteiger partial charge < -0.3 is 5.32 Å². The van der Waals surface area contributed by atoms with E-state index in [2.05, 4.69) is 5.32 Å². The van der Waals surface area contributed by atoms with Crippen LogP contribution in [0.3, 0.4) is 0 Å². The van der Waals surface area contributed by atoms with Crippen molar-refractivity contribution >= 4 is 21.6 Å². The molecule has 1 aromatic rings. The standard InChI is InChI=1S/C18H28N2O3S/c1-14-8-6-11-17(15(14)2)20(24(3,22)23)13-7-12-18(21)19-16-9-4-5-10-16/h6,8,11,16H,4-5,7,9-10,12-13H2,1-3H3,(H,19,21). The first kappa shape index (κ1) is 18.8. The summed E-state index contributed by atoms with van der Waals surface area (Å²) in [5.74, 6) is 0.0244. The molecule has 1 aliphatic carbocycles. The average Bonchev–Trinajstić information content (AvgIpc) is 2.99. The number of benzene rings is 1. The summed E-state index contributed by atoms with van der Waals surface area (Å²) in [7, 11) is -3.38. The van der Waals surface area contributed by atoms with E-state index < -0.39 is 10.0 Å². The molecule has 6 heteroatoms. The van der Waals surface area contributed by atoms with Gasteiger partial charge >= 0.3 is 0 Å². The highest BCUT2D eigenvalue weighted by Crippen LogP contribution is 2.25. The zero-order valence-electron chi connectivity index (χ0n) is 14.8. The van der Waals surface area contributed by atoms with E-state index in [9.17, 15) is 13.2 Å². The van der Waals surface area contributed by atoms with Gasteiger partial charge in [0.05, 0.1) is 11.9 Å². The molecule has 0 radical (unpaired) electrons. The topological polar surface area (TPSA) is 66.5 Å². The van der Waals surface area contributed by atoms with Gasteiger partial charge in [0.15, 0.2) is 0 Å².